The number of fused-ring (bicyclic) bond motifs is 2. The van der Waals surface area contributed by atoms with E-state index in [0.29, 0.717) is 27.9 Å². The molecule has 1 aliphatic carbocycles. The van der Waals surface area contributed by atoms with E-state index in [9.17, 15) is 21.4 Å². The second kappa shape index (κ2) is 15.3. The first-order valence-electron chi connectivity index (χ1n) is 14.5. The molecule has 4 rings (SSSR count). The lowest BCUT2D eigenvalue weighted by atomic mass is 9.93. The van der Waals surface area contributed by atoms with Gasteiger partial charge in [0.1, 0.15) is 29.3 Å². The van der Waals surface area contributed by atoms with Crippen molar-refractivity contribution in [3.63, 3.8) is 0 Å². The fourth-order valence-corrected chi connectivity index (χ4v) is 8.38. The Morgan fingerprint density at radius 3 is 2.00 bits per heavy atom. The molecule has 2 aromatic rings. The normalized spacial score (nSPS) is 12.1. The Bertz CT molecular complexity index is 1900. The third-order valence-electron chi connectivity index (χ3n) is 7.75. The van der Waals surface area contributed by atoms with Crippen molar-refractivity contribution in [1.82, 2.24) is 8.88 Å². The van der Waals surface area contributed by atoms with Crippen LogP contribution in [0.4, 0.5) is 5.69 Å². The third kappa shape index (κ3) is 7.48. The Balaban J connectivity index is 0.00000552. The van der Waals surface area contributed by atoms with E-state index in [2.05, 4.69) is 37.2 Å². The number of benzene rings is 3. The minimum atomic E-state index is -4.89. The molecule has 0 bridgehead atoms. The molecule has 0 fully saturated rings. The highest BCUT2D eigenvalue weighted by Crippen LogP contribution is 2.43. The zero-order chi connectivity index (χ0) is 32.2. The summed E-state index contributed by atoms with van der Waals surface area (Å²) >= 11 is 11.7. The zero-order valence-corrected chi connectivity index (χ0v) is 28.8. The molecule has 45 heavy (non-hydrogen) atoms. The molecule has 14 heteroatoms. The van der Waals surface area contributed by atoms with E-state index in [1.165, 1.54) is 12.1 Å². The molecule has 246 valence electrons. The quantitative estimate of drug-likeness (QED) is 0.0847. The number of hydrogen-bond acceptors (Lipinski definition) is 7. The maximum Gasteiger partial charge on any atom is 0.295 e. The average molecular weight is 701 g/mol. The molecule has 0 radical (unpaired) electrons. The average Bonchev–Trinajstić information content (AvgIpc) is 3.00. The standard InChI is InChI=1S/C31H37Cl2N3O6S2.H2O/c1-5-34(6-2)22-9-12-25-28(19-22)42-29-20-23(35(7-3)8-4)10-13-26(29)31(25)27-14-11-24(21-30(27)44(39,40)41)43(37,38)36(17-15-32)18-16-33;/h9-14,19-21H,5-8,15-18H2,1-4H3;1H2. The monoisotopic (exact) mass is 699 g/mol. The van der Waals surface area contributed by atoms with Crippen LogP contribution in [0.1, 0.15) is 27.7 Å². The number of nitrogens with zero attached hydrogens (tertiary/aromatic N) is 3. The number of rotatable bonds is 13. The van der Waals surface area contributed by atoms with Crippen molar-refractivity contribution in [1.29, 1.82) is 0 Å². The maximum absolute atomic E-state index is 13.5. The van der Waals surface area contributed by atoms with E-state index in [1.807, 2.05) is 36.4 Å². The summed E-state index contributed by atoms with van der Waals surface area (Å²) in [6.45, 7) is 11.3. The van der Waals surface area contributed by atoms with E-state index in [4.69, 9.17) is 27.6 Å². The molecule has 1 heterocycles. The second-order valence-electron chi connectivity index (χ2n) is 10.1. The lowest BCUT2D eigenvalue weighted by Crippen LogP contribution is -2.34. The number of sulfonamides is 1. The van der Waals surface area contributed by atoms with Gasteiger partial charge >= 0.3 is 0 Å². The first kappa shape index (κ1) is 36.8. The second-order valence-corrected chi connectivity index (χ2v) is 14.2. The Morgan fingerprint density at radius 2 is 1.44 bits per heavy atom. The number of hydrogen-bond donors (Lipinski definition) is 1. The van der Waals surface area contributed by atoms with Gasteiger partial charge in [-0.1, -0.05) is 6.07 Å². The van der Waals surface area contributed by atoms with E-state index in [0.717, 1.165) is 47.6 Å². The lowest BCUT2D eigenvalue weighted by Gasteiger charge is -2.23. The summed E-state index contributed by atoms with van der Waals surface area (Å²) in [4.78, 5) is 1.33. The van der Waals surface area contributed by atoms with Crippen molar-refractivity contribution < 1.29 is 31.3 Å². The predicted molar refractivity (Wildman–Crippen MR) is 180 cm³/mol. The molecule has 0 amide bonds. The van der Waals surface area contributed by atoms with Crippen LogP contribution >= 0.6 is 23.2 Å². The highest BCUT2D eigenvalue weighted by molar-refractivity contribution is 7.89. The summed E-state index contributed by atoms with van der Waals surface area (Å²) in [5, 5.41) is 1.54. The zero-order valence-electron chi connectivity index (χ0n) is 25.7. The molecule has 0 saturated carbocycles. The van der Waals surface area contributed by atoms with E-state index >= 15 is 0 Å². The van der Waals surface area contributed by atoms with Crippen LogP contribution in [0.25, 0.3) is 33.4 Å². The Kier molecular flexibility index (Phi) is 12.5. The first-order chi connectivity index (χ1) is 20.9. The Hall–Kier alpha value is -2.71. The lowest BCUT2D eigenvalue weighted by molar-refractivity contribution is 0.448. The van der Waals surface area contributed by atoms with Crippen molar-refractivity contribution in [3.8, 4) is 22.5 Å². The minimum absolute atomic E-state index is 0. The molecule has 0 saturated heterocycles. The van der Waals surface area contributed by atoms with Crippen molar-refractivity contribution >= 4 is 60.0 Å². The van der Waals surface area contributed by atoms with Gasteiger partial charge in [0, 0.05) is 77.8 Å². The van der Waals surface area contributed by atoms with Crippen molar-refractivity contribution in [2.75, 3.05) is 55.9 Å². The van der Waals surface area contributed by atoms with Gasteiger partial charge in [-0.15, -0.1) is 23.2 Å². The molecule has 2 N–H and O–H groups in total. The van der Waals surface area contributed by atoms with Crippen LogP contribution in [0.5, 0.6) is 0 Å². The van der Waals surface area contributed by atoms with Crippen LogP contribution in [-0.2, 0) is 20.1 Å². The van der Waals surface area contributed by atoms with Gasteiger partial charge in [-0.2, -0.15) is 12.7 Å². The van der Waals surface area contributed by atoms with E-state index in [-0.39, 0.29) is 40.8 Å². The number of halogens is 2. The summed E-state index contributed by atoms with van der Waals surface area (Å²) in [5.74, 6) is 0.563. The van der Waals surface area contributed by atoms with Gasteiger partial charge in [-0.3, -0.25) is 4.55 Å². The third-order valence-corrected chi connectivity index (χ3v) is 10.9. The van der Waals surface area contributed by atoms with Crippen molar-refractivity contribution in [3.05, 3.63) is 60.0 Å². The molecular formula is C31H39Cl2N3O7S2. The summed E-state index contributed by atoms with van der Waals surface area (Å²) in [7, 11) is -9.07. The van der Waals surface area contributed by atoms with Crippen LogP contribution in [0.15, 0.2) is 68.8 Å². The van der Waals surface area contributed by atoms with Gasteiger partial charge in [0.15, 0.2) is 0 Å². The highest BCUT2D eigenvalue weighted by Gasteiger charge is 2.29. The molecule has 0 spiro atoms. The minimum Gasteiger partial charge on any atom is -0.870 e. The van der Waals surface area contributed by atoms with Gasteiger partial charge in [-0.25, -0.2) is 13.0 Å². The molecule has 10 nitrogen and oxygen atoms in total. The molecule has 1 aliphatic heterocycles. The van der Waals surface area contributed by atoms with Gasteiger partial charge in [0.25, 0.3) is 10.1 Å². The fourth-order valence-electron chi connectivity index (χ4n) is 5.50. The molecule has 2 aromatic carbocycles. The summed E-state index contributed by atoms with van der Waals surface area (Å²) in [6.07, 6.45) is 0. The SMILES string of the molecule is CCN(CC)c1ccc2c(-c3ccc(S(=O)(=O)N(CCCl)CCCl)cc3S(=O)(=O)O)c3ccc(=[N+](CC)CC)cc-3oc2c1.[OH-]. The summed E-state index contributed by atoms with van der Waals surface area (Å²) in [6, 6.07) is 15.2. The Labute approximate surface area is 274 Å². The van der Waals surface area contributed by atoms with Gasteiger partial charge in [-0.05, 0) is 58.0 Å². The fraction of sp³-hybridized carbons (Fsp3) is 0.387. The van der Waals surface area contributed by atoms with Crippen LogP contribution in [0.2, 0.25) is 0 Å². The Morgan fingerprint density at radius 1 is 0.822 bits per heavy atom. The van der Waals surface area contributed by atoms with Crippen LogP contribution in [0, 0.1) is 0 Å². The van der Waals surface area contributed by atoms with Gasteiger partial charge in [0.05, 0.1) is 11.0 Å². The van der Waals surface area contributed by atoms with E-state index in [1.54, 1.807) is 0 Å². The van der Waals surface area contributed by atoms with Crippen LogP contribution in [-0.4, -0.2) is 82.2 Å². The predicted octanol–water partition coefficient (Wildman–Crippen LogP) is 5.40. The first-order valence-corrected chi connectivity index (χ1v) is 18.5. The van der Waals surface area contributed by atoms with Crippen molar-refractivity contribution in [2.24, 2.45) is 0 Å². The molecule has 2 aliphatic rings. The van der Waals surface area contributed by atoms with Crippen LogP contribution in [0.3, 0.4) is 0 Å². The molecule has 0 aromatic heterocycles. The van der Waals surface area contributed by atoms with E-state index < -0.39 is 25.0 Å². The van der Waals surface area contributed by atoms with Gasteiger partial charge < -0.3 is 14.8 Å². The molecule has 0 atom stereocenters. The highest BCUT2D eigenvalue weighted by atomic mass is 35.5. The number of anilines is 1. The summed E-state index contributed by atoms with van der Waals surface area (Å²) < 4.78 is 73.0. The topological polar surface area (TPSA) is 141 Å². The summed E-state index contributed by atoms with van der Waals surface area (Å²) in [5.41, 5.74) is 2.70. The smallest absolute Gasteiger partial charge is 0.295 e. The van der Waals surface area contributed by atoms with Crippen LogP contribution < -0.4 is 14.8 Å². The van der Waals surface area contributed by atoms with Gasteiger partial charge in [0.2, 0.25) is 15.4 Å². The molecule has 0 unspecified atom stereocenters. The van der Waals surface area contributed by atoms with Crippen molar-refractivity contribution in [2.45, 2.75) is 37.5 Å². The number of alkyl halides is 2. The largest absolute Gasteiger partial charge is 0.870 e. The molecular weight excluding hydrogens is 661 g/mol. The maximum atomic E-state index is 13.5.